The number of halogens is 1. The molecular formula is C12H13ClN2O2S. The van der Waals surface area contributed by atoms with Crippen LogP contribution in [0, 0.1) is 0 Å². The number of rotatable bonds is 4. The molecule has 0 radical (unpaired) electrons. The Labute approximate surface area is 111 Å². The molecular weight excluding hydrogens is 272 g/mol. The van der Waals surface area contributed by atoms with Gasteiger partial charge in [0.2, 0.25) is 0 Å². The van der Waals surface area contributed by atoms with E-state index in [1.54, 1.807) is 6.07 Å². The number of aromatic nitrogens is 1. The van der Waals surface area contributed by atoms with E-state index < -0.39 is 9.84 Å². The summed E-state index contributed by atoms with van der Waals surface area (Å²) in [7, 11) is -2.98. The van der Waals surface area contributed by atoms with Crippen molar-refractivity contribution in [2.45, 2.75) is 0 Å². The number of fused-ring (bicyclic) bond motifs is 1. The van der Waals surface area contributed by atoms with Crippen molar-refractivity contribution in [2.75, 3.05) is 23.9 Å². The Bertz CT molecular complexity index is 671. The minimum atomic E-state index is -2.98. The first-order valence-corrected chi connectivity index (χ1v) is 7.86. The minimum Gasteiger partial charge on any atom is -0.368 e. The number of pyridine rings is 1. The van der Waals surface area contributed by atoms with Crippen LogP contribution in [-0.4, -0.2) is 32.0 Å². The summed E-state index contributed by atoms with van der Waals surface area (Å²) in [6.45, 7) is 0.316. The average Bonchev–Trinajstić information content (AvgIpc) is 2.27. The highest BCUT2D eigenvalue weighted by Gasteiger charge is 2.06. The quantitative estimate of drug-likeness (QED) is 0.876. The van der Waals surface area contributed by atoms with Crippen molar-refractivity contribution in [2.24, 2.45) is 0 Å². The number of sulfone groups is 1. The molecule has 96 valence electrons. The van der Waals surface area contributed by atoms with Crippen LogP contribution in [0.2, 0.25) is 5.15 Å². The van der Waals surface area contributed by atoms with Gasteiger partial charge in [0.1, 0.15) is 20.8 Å². The lowest BCUT2D eigenvalue weighted by Crippen LogP contribution is -2.15. The lowest BCUT2D eigenvalue weighted by atomic mass is 10.1. The summed E-state index contributed by atoms with van der Waals surface area (Å²) < 4.78 is 22.1. The van der Waals surface area contributed by atoms with Gasteiger partial charge in [0.05, 0.1) is 5.75 Å². The number of anilines is 1. The van der Waals surface area contributed by atoms with Crippen LogP contribution in [0.1, 0.15) is 0 Å². The minimum absolute atomic E-state index is 0.0650. The highest BCUT2D eigenvalue weighted by molar-refractivity contribution is 7.90. The average molecular weight is 285 g/mol. The van der Waals surface area contributed by atoms with Crippen molar-refractivity contribution in [1.82, 2.24) is 4.98 Å². The van der Waals surface area contributed by atoms with Gasteiger partial charge in [-0.2, -0.15) is 0 Å². The molecule has 1 aromatic carbocycles. The fraction of sp³-hybridized carbons (Fsp3) is 0.250. The van der Waals surface area contributed by atoms with Gasteiger partial charge in [0.25, 0.3) is 0 Å². The molecule has 2 aromatic rings. The number of hydrogen-bond acceptors (Lipinski definition) is 4. The first kappa shape index (κ1) is 13.1. The van der Waals surface area contributed by atoms with Gasteiger partial charge in [-0.1, -0.05) is 35.9 Å². The van der Waals surface area contributed by atoms with Gasteiger partial charge in [-0.25, -0.2) is 13.4 Å². The number of hydrogen-bond donors (Lipinski definition) is 1. The van der Waals surface area contributed by atoms with Crippen LogP contribution in [0.5, 0.6) is 0 Å². The van der Waals surface area contributed by atoms with Gasteiger partial charge in [0, 0.05) is 18.2 Å². The fourth-order valence-electron chi connectivity index (χ4n) is 1.66. The predicted molar refractivity (Wildman–Crippen MR) is 75.0 cm³/mol. The lowest BCUT2D eigenvalue weighted by Gasteiger charge is -2.08. The fourth-order valence-corrected chi connectivity index (χ4v) is 2.33. The second-order valence-corrected chi connectivity index (χ2v) is 6.72. The zero-order chi connectivity index (χ0) is 13.2. The smallest absolute Gasteiger partial charge is 0.149 e. The van der Waals surface area contributed by atoms with Gasteiger partial charge >= 0.3 is 0 Å². The third-order valence-corrected chi connectivity index (χ3v) is 3.61. The maximum Gasteiger partial charge on any atom is 0.149 e. The van der Waals surface area contributed by atoms with E-state index in [1.165, 1.54) is 6.26 Å². The Morgan fingerprint density at radius 3 is 2.78 bits per heavy atom. The molecule has 0 saturated heterocycles. The lowest BCUT2D eigenvalue weighted by molar-refractivity contribution is 0.602. The van der Waals surface area contributed by atoms with Crippen LogP contribution < -0.4 is 5.32 Å². The first-order chi connectivity index (χ1) is 8.46. The molecule has 6 heteroatoms. The molecule has 1 heterocycles. The summed E-state index contributed by atoms with van der Waals surface area (Å²) in [6, 6.07) is 9.45. The van der Waals surface area contributed by atoms with Crippen LogP contribution in [0.3, 0.4) is 0 Å². The Hall–Kier alpha value is -1.33. The molecule has 0 spiro atoms. The van der Waals surface area contributed by atoms with Gasteiger partial charge < -0.3 is 5.32 Å². The van der Waals surface area contributed by atoms with E-state index in [9.17, 15) is 8.42 Å². The molecule has 1 aromatic heterocycles. The second-order valence-electron chi connectivity index (χ2n) is 4.07. The SMILES string of the molecule is CS(=O)(=O)CCNc1nc(Cl)cc2ccccc12. The number of nitrogens with one attached hydrogen (secondary N) is 1. The van der Waals surface area contributed by atoms with Crippen LogP contribution in [-0.2, 0) is 9.84 Å². The van der Waals surface area contributed by atoms with Crippen molar-refractivity contribution < 1.29 is 8.42 Å². The van der Waals surface area contributed by atoms with Crippen molar-refractivity contribution in [1.29, 1.82) is 0 Å². The molecule has 0 aliphatic heterocycles. The number of nitrogens with zero attached hydrogens (tertiary/aromatic N) is 1. The van der Waals surface area contributed by atoms with E-state index in [-0.39, 0.29) is 5.75 Å². The first-order valence-electron chi connectivity index (χ1n) is 5.42. The van der Waals surface area contributed by atoms with E-state index in [4.69, 9.17) is 11.6 Å². The third kappa shape index (κ3) is 3.34. The molecule has 0 unspecified atom stereocenters. The van der Waals surface area contributed by atoms with Crippen LogP contribution >= 0.6 is 11.6 Å². The molecule has 0 aliphatic carbocycles. The van der Waals surface area contributed by atoms with E-state index in [2.05, 4.69) is 10.3 Å². The summed E-state index contributed by atoms with van der Waals surface area (Å²) >= 11 is 5.92. The van der Waals surface area contributed by atoms with Crippen molar-refractivity contribution in [3.8, 4) is 0 Å². The van der Waals surface area contributed by atoms with Gasteiger partial charge in [-0.3, -0.25) is 0 Å². The van der Waals surface area contributed by atoms with Gasteiger partial charge in [-0.05, 0) is 11.5 Å². The highest BCUT2D eigenvalue weighted by atomic mass is 35.5. The topological polar surface area (TPSA) is 59.1 Å². The summed E-state index contributed by atoms with van der Waals surface area (Å²) in [4.78, 5) is 4.18. The van der Waals surface area contributed by atoms with Crippen molar-refractivity contribution in [3.05, 3.63) is 35.5 Å². The normalized spacial score (nSPS) is 11.7. The van der Waals surface area contributed by atoms with Crippen LogP contribution in [0.15, 0.2) is 30.3 Å². The molecule has 0 aliphatic rings. The molecule has 0 bridgehead atoms. The molecule has 2 rings (SSSR count). The van der Waals surface area contributed by atoms with E-state index in [0.717, 1.165) is 10.8 Å². The van der Waals surface area contributed by atoms with Crippen molar-refractivity contribution in [3.63, 3.8) is 0 Å². The Morgan fingerprint density at radius 2 is 2.06 bits per heavy atom. The van der Waals surface area contributed by atoms with Gasteiger partial charge in [0.15, 0.2) is 0 Å². The zero-order valence-electron chi connectivity index (χ0n) is 9.85. The molecule has 0 fully saturated rings. The standard InChI is InChI=1S/C12H13ClN2O2S/c1-18(16,17)7-6-14-12-10-5-3-2-4-9(10)8-11(13)15-12/h2-5,8H,6-7H2,1H3,(H,14,15). The summed E-state index contributed by atoms with van der Waals surface area (Å²) in [6.07, 6.45) is 1.21. The van der Waals surface area contributed by atoms with Gasteiger partial charge in [-0.15, -0.1) is 0 Å². The van der Waals surface area contributed by atoms with E-state index >= 15 is 0 Å². The largest absolute Gasteiger partial charge is 0.368 e. The zero-order valence-corrected chi connectivity index (χ0v) is 11.4. The van der Waals surface area contributed by atoms with E-state index in [0.29, 0.717) is 17.5 Å². The molecule has 0 atom stereocenters. The predicted octanol–water partition coefficient (Wildman–Crippen LogP) is 2.34. The Kier molecular flexibility index (Phi) is 3.73. The summed E-state index contributed by atoms with van der Waals surface area (Å²) in [5.41, 5.74) is 0. The van der Waals surface area contributed by atoms with Crippen molar-refractivity contribution >= 4 is 38.0 Å². The molecule has 4 nitrogen and oxygen atoms in total. The maximum absolute atomic E-state index is 11.1. The maximum atomic E-state index is 11.1. The Morgan fingerprint density at radius 1 is 1.33 bits per heavy atom. The second kappa shape index (κ2) is 5.12. The Balaban J connectivity index is 2.27. The third-order valence-electron chi connectivity index (χ3n) is 2.47. The molecule has 0 saturated carbocycles. The van der Waals surface area contributed by atoms with Crippen LogP contribution in [0.4, 0.5) is 5.82 Å². The molecule has 0 amide bonds. The van der Waals surface area contributed by atoms with E-state index in [1.807, 2.05) is 24.3 Å². The molecule has 18 heavy (non-hydrogen) atoms. The summed E-state index contributed by atoms with van der Waals surface area (Å²) in [5.74, 6) is 0.678. The molecule has 1 N–H and O–H groups in total. The monoisotopic (exact) mass is 284 g/mol. The van der Waals surface area contributed by atoms with Crippen LogP contribution in [0.25, 0.3) is 10.8 Å². The summed E-state index contributed by atoms with van der Waals surface area (Å²) in [5, 5.41) is 5.29. The highest BCUT2D eigenvalue weighted by Crippen LogP contribution is 2.24. The number of benzene rings is 1.